The zero-order chi connectivity index (χ0) is 17.9. The molecule has 0 bridgehead atoms. The van der Waals surface area contributed by atoms with Gasteiger partial charge in [0.1, 0.15) is 5.82 Å². The first-order valence-electron chi connectivity index (χ1n) is 9.54. The number of anilines is 2. The lowest BCUT2D eigenvalue weighted by molar-refractivity contribution is 0.185. The maximum absolute atomic E-state index is 5.78. The molecule has 0 amide bonds. The molecular formula is C20H27N5O. The van der Waals surface area contributed by atoms with Crippen LogP contribution in [0.5, 0.6) is 0 Å². The minimum Gasteiger partial charge on any atom is -0.379 e. The smallest absolute Gasteiger partial charge is 0.227 e. The molecule has 0 radical (unpaired) electrons. The summed E-state index contributed by atoms with van der Waals surface area (Å²) in [6, 6.07) is 4.43. The van der Waals surface area contributed by atoms with E-state index in [1.807, 2.05) is 12.4 Å². The lowest BCUT2D eigenvalue weighted by Gasteiger charge is -2.23. The SMILES string of the molecule is Cc1nc(N2CCCC2)nc(N[C@H]2COC[C@H]2Cc2ccncc2)c1C. The van der Waals surface area contributed by atoms with Gasteiger partial charge in [-0.05, 0) is 50.8 Å². The first-order valence-corrected chi connectivity index (χ1v) is 9.54. The number of nitrogens with zero attached hydrogens (tertiary/aromatic N) is 4. The van der Waals surface area contributed by atoms with Crippen LogP contribution < -0.4 is 10.2 Å². The number of aromatic nitrogens is 3. The van der Waals surface area contributed by atoms with Crippen LogP contribution in [0.3, 0.4) is 0 Å². The minimum atomic E-state index is 0.266. The van der Waals surface area contributed by atoms with Gasteiger partial charge in [-0.2, -0.15) is 4.98 Å². The molecule has 2 atom stereocenters. The van der Waals surface area contributed by atoms with Gasteiger partial charge in [-0.15, -0.1) is 0 Å². The molecule has 0 spiro atoms. The largest absolute Gasteiger partial charge is 0.379 e. The average Bonchev–Trinajstić information content (AvgIpc) is 3.32. The Morgan fingerprint density at radius 2 is 1.88 bits per heavy atom. The molecule has 0 unspecified atom stereocenters. The predicted molar refractivity (Wildman–Crippen MR) is 103 cm³/mol. The van der Waals surface area contributed by atoms with E-state index in [0.717, 1.165) is 55.7 Å². The van der Waals surface area contributed by atoms with Crippen molar-refractivity contribution in [3.63, 3.8) is 0 Å². The highest BCUT2D eigenvalue weighted by Crippen LogP contribution is 2.26. The van der Waals surface area contributed by atoms with E-state index < -0.39 is 0 Å². The second-order valence-corrected chi connectivity index (χ2v) is 7.38. The second-order valence-electron chi connectivity index (χ2n) is 7.38. The molecule has 2 aliphatic heterocycles. The van der Waals surface area contributed by atoms with Crippen LogP contribution in [0.4, 0.5) is 11.8 Å². The fourth-order valence-corrected chi connectivity index (χ4v) is 3.77. The van der Waals surface area contributed by atoms with E-state index in [0.29, 0.717) is 5.92 Å². The number of rotatable bonds is 5. The first-order chi connectivity index (χ1) is 12.7. The summed E-state index contributed by atoms with van der Waals surface area (Å²) >= 11 is 0. The van der Waals surface area contributed by atoms with Crippen molar-refractivity contribution in [2.45, 2.75) is 39.2 Å². The van der Waals surface area contributed by atoms with Crippen molar-refractivity contribution in [1.29, 1.82) is 0 Å². The van der Waals surface area contributed by atoms with E-state index in [2.05, 4.69) is 41.2 Å². The van der Waals surface area contributed by atoms with Crippen molar-refractivity contribution in [2.75, 3.05) is 36.5 Å². The Balaban J connectivity index is 1.52. The minimum absolute atomic E-state index is 0.266. The molecule has 0 aliphatic carbocycles. The van der Waals surface area contributed by atoms with Crippen molar-refractivity contribution in [3.05, 3.63) is 41.3 Å². The van der Waals surface area contributed by atoms with Crippen LogP contribution in [-0.2, 0) is 11.2 Å². The highest BCUT2D eigenvalue weighted by molar-refractivity contribution is 5.51. The predicted octanol–water partition coefficient (Wildman–Crippen LogP) is 2.76. The van der Waals surface area contributed by atoms with Gasteiger partial charge in [-0.25, -0.2) is 4.98 Å². The molecular weight excluding hydrogens is 326 g/mol. The summed E-state index contributed by atoms with van der Waals surface area (Å²) in [5.74, 6) is 2.25. The summed E-state index contributed by atoms with van der Waals surface area (Å²) < 4.78 is 5.78. The molecule has 2 aromatic heterocycles. The van der Waals surface area contributed by atoms with E-state index in [9.17, 15) is 0 Å². The van der Waals surface area contributed by atoms with E-state index in [1.54, 1.807) is 0 Å². The van der Waals surface area contributed by atoms with Crippen molar-refractivity contribution < 1.29 is 4.74 Å². The monoisotopic (exact) mass is 353 g/mol. The molecule has 0 saturated carbocycles. The number of pyridine rings is 1. The van der Waals surface area contributed by atoms with Gasteiger partial charge in [0.2, 0.25) is 5.95 Å². The fraction of sp³-hybridized carbons (Fsp3) is 0.550. The van der Waals surface area contributed by atoms with E-state index in [4.69, 9.17) is 14.7 Å². The van der Waals surface area contributed by atoms with E-state index in [1.165, 1.54) is 18.4 Å². The van der Waals surface area contributed by atoms with Gasteiger partial charge < -0.3 is 15.0 Å². The van der Waals surface area contributed by atoms with E-state index >= 15 is 0 Å². The normalized spacial score (nSPS) is 22.8. The van der Waals surface area contributed by atoms with Gasteiger partial charge in [0.05, 0.1) is 19.3 Å². The Hall–Kier alpha value is -2.21. The quantitative estimate of drug-likeness (QED) is 0.892. The van der Waals surface area contributed by atoms with Crippen LogP contribution in [0.1, 0.15) is 29.7 Å². The van der Waals surface area contributed by atoms with Crippen LogP contribution in [0, 0.1) is 19.8 Å². The third-order valence-corrected chi connectivity index (χ3v) is 5.53. The van der Waals surface area contributed by atoms with Crippen LogP contribution in [0.2, 0.25) is 0 Å². The van der Waals surface area contributed by atoms with Gasteiger partial charge in [0.15, 0.2) is 0 Å². The highest BCUT2D eigenvalue weighted by Gasteiger charge is 2.29. The van der Waals surface area contributed by atoms with Gasteiger partial charge in [-0.3, -0.25) is 4.98 Å². The van der Waals surface area contributed by atoms with Gasteiger partial charge >= 0.3 is 0 Å². The van der Waals surface area contributed by atoms with Crippen molar-refractivity contribution >= 4 is 11.8 Å². The zero-order valence-electron chi connectivity index (χ0n) is 15.6. The number of nitrogens with one attached hydrogen (secondary N) is 1. The molecule has 0 aromatic carbocycles. The van der Waals surface area contributed by atoms with Crippen molar-refractivity contribution in [2.24, 2.45) is 5.92 Å². The molecule has 26 heavy (non-hydrogen) atoms. The summed E-state index contributed by atoms with van der Waals surface area (Å²) in [7, 11) is 0. The Morgan fingerprint density at radius 1 is 1.12 bits per heavy atom. The third-order valence-electron chi connectivity index (χ3n) is 5.53. The second kappa shape index (κ2) is 7.58. The maximum atomic E-state index is 5.78. The number of hydrogen-bond donors (Lipinski definition) is 1. The standard InChI is InChI=1S/C20H27N5O/c1-14-15(2)22-20(25-9-3-4-10-25)24-19(14)23-18-13-26-12-17(18)11-16-5-7-21-8-6-16/h5-8,17-18H,3-4,9-13H2,1-2H3,(H,22,23,24)/t17-,18+/m1/s1. The lowest BCUT2D eigenvalue weighted by Crippen LogP contribution is -2.31. The summed E-state index contributed by atoms with van der Waals surface area (Å²) in [5.41, 5.74) is 3.48. The topological polar surface area (TPSA) is 63.2 Å². The summed E-state index contributed by atoms with van der Waals surface area (Å²) in [5, 5.41) is 3.67. The Kier molecular flexibility index (Phi) is 5.02. The Morgan fingerprint density at radius 3 is 2.65 bits per heavy atom. The molecule has 1 N–H and O–H groups in total. The molecule has 2 aliphatic rings. The molecule has 6 nitrogen and oxygen atoms in total. The Bertz CT molecular complexity index is 745. The molecule has 2 saturated heterocycles. The number of hydrogen-bond acceptors (Lipinski definition) is 6. The molecule has 138 valence electrons. The van der Waals surface area contributed by atoms with Gasteiger partial charge in [0.25, 0.3) is 0 Å². The molecule has 2 fully saturated rings. The zero-order valence-corrected chi connectivity index (χ0v) is 15.6. The lowest BCUT2D eigenvalue weighted by atomic mass is 9.95. The highest BCUT2D eigenvalue weighted by atomic mass is 16.5. The molecule has 4 rings (SSSR count). The van der Waals surface area contributed by atoms with E-state index in [-0.39, 0.29) is 6.04 Å². The van der Waals surface area contributed by atoms with Gasteiger partial charge in [0, 0.05) is 42.7 Å². The molecule has 2 aromatic rings. The number of aryl methyl sites for hydroxylation is 1. The first kappa shape index (κ1) is 17.2. The summed E-state index contributed by atoms with van der Waals surface area (Å²) in [6.45, 7) is 7.78. The third kappa shape index (κ3) is 3.65. The maximum Gasteiger partial charge on any atom is 0.227 e. The van der Waals surface area contributed by atoms with Crippen molar-refractivity contribution in [1.82, 2.24) is 15.0 Å². The van der Waals surface area contributed by atoms with Crippen LogP contribution in [0.15, 0.2) is 24.5 Å². The van der Waals surface area contributed by atoms with Crippen LogP contribution in [0.25, 0.3) is 0 Å². The van der Waals surface area contributed by atoms with Crippen LogP contribution in [-0.4, -0.2) is 47.3 Å². The molecule has 4 heterocycles. The summed E-state index contributed by atoms with van der Waals surface area (Å²) in [4.78, 5) is 16.0. The number of ether oxygens (including phenoxy) is 1. The van der Waals surface area contributed by atoms with Gasteiger partial charge in [-0.1, -0.05) is 0 Å². The average molecular weight is 353 g/mol. The molecule has 6 heteroatoms. The summed E-state index contributed by atoms with van der Waals surface area (Å²) in [6.07, 6.45) is 7.15. The van der Waals surface area contributed by atoms with Crippen molar-refractivity contribution in [3.8, 4) is 0 Å². The Labute approximate surface area is 155 Å². The van der Waals surface area contributed by atoms with Crippen LogP contribution >= 0.6 is 0 Å². The fourth-order valence-electron chi connectivity index (χ4n) is 3.77.